The van der Waals surface area contributed by atoms with Gasteiger partial charge in [0.25, 0.3) is 0 Å². The first-order chi connectivity index (χ1) is 32.3. The average Bonchev–Trinajstić information content (AvgIpc) is 3.33. The van der Waals surface area contributed by atoms with Crippen molar-refractivity contribution in [1.29, 1.82) is 0 Å². The van der Waals surface area contributed by atoms with Gasteiger partial charge in [-0.25, -0.2) is 0 Å². The number of carbonyl (C=O) groups is 3. The molecule has 0 aliphatic carbocycles. The number of carbonyl (C=O) groups excluding carboxylic acids is 3. The van der Waals surface area contributed by atoms with Crippen molar-refractivity contribution in [1.82, 2.24) is 0 Å². The summed E-state index contributed by atoms with van der Waals surface area (Å²) in [5, 5.41) is 0. The van der Waals surface area contributed by atoms with Crippen LogP contribution in [0.3, 0.4) is 0 Å². The smallest absolute Gasteiger partial charge is 0.305 e. The zero-order valence-corrected chi connectivity index (χ0v) is 45.4. The normalized spacial score (nSPS) is 10.8. The van der Waals surface area contributed by atoms with Crippen LogP contribution >= 0.6 is 0 Å². The maximum Gasteiger partial charge on any atom is 0.305 e. The van der Waals surface area contributed by atoms with Crippen LogP contribution in [0.1, 0.15) is 297 Å². The molecule has 390 valence electrons. The molecule has 0 saturated heterocycles. The molecule has 0 unspecified atom stereocenters. The van der Waals surface area contributed by atoms with Crippen molar-refractivity contribution < 1.29 is 28.6 Å². The van der Waals surface area contributed by atoms with Crippen molar-refractivity contribution in [2.45, 2.75) is 297 Å². The van der Waals surface area contributed by atoms with Crippen LogP contribution in [0.15, 0.2) is 49.1 Å². The maximum absolute atomic E-state index is 10.9. The number of unbranched alkanes of at least 4 members (excludes halogenated alkanes) is 32. The second-order valence-electron chi connectivity index (χ2n) is 18.1. The van der Waals surface area contributed by atoms with Crippen LogP contribution in [-0.2, 0) is 28.6 Å². The summed E-state index contributed by atoms with van der Waals surface area (Å²) in [4.78, 5) is 32.6. The number of allylic oxidation sites excluding steroid dienone is 7. The SMILES string of the molecule is C=CCCCCCCCC(=O)OC.CCCC/C=C/CCCCCCCC.CCCCC/C=C/CCCCCCCC.COC(=O)CCCCCCC/C=C/CCCCCCCC(=O)OC. The Labute approximate surface area is 412 Å². The number of esters is 3. The number of hydrogen-bond donors (Lipinski definition) is 0. The molecule has 6 heteroatoms. The molecule has 0 aliphatic heterocycles. The van der Waals surface area contributed by atoms with Crippen LogP contribution in [0.2, 0.25) is 0 Å². The van der Waals surface area contributed by atoms with Crippen molar-refractivity contribution >= 4 is 17.9 Å². The molecule has 0 bridgehead atoms. The minimum absolute atomic E-state index is 0.0916. The fourth-order valence-electron chi connectivity index (χ4n) is 7.14. The predicted molar refractivity (Wildman–Crippen MR) is 290 cm³/mol. The van der Waals surface area contributed by atoms with Gasteiger partial charge in [0, 0.05) is 19.3 Å². The average molecular weight is 932 g/mol. The lowest BCUT2D eigenvalue weighted by molar-refractivity contribution is -0.141. The molecule has 0 aromatic heterocycles. The van der Waals surface area contributed by atoms with Crippen LogP contribution in [0.5, 0.6) is 0 Å². The first kappa shape index (κ1) is 69.9. The monoisotopic (exact) mass is 931 g/mol. The minimum Gasteiger partial charge on any atom is -0.469 e. The molecular formula is C60H114O6. The van der Waals surface area contributed by atoms with Gasteiger partial charge in [-0.15, -0.1) is 6.58 Å². The molecule has 0 aromatic rings. The molecule has 6 nitrogen and oxygen atoms in total. The van der Waals surface area contributed by atoms with Gasteiger partial charge in [0.15, 0.2) is 0 Å². The Hall–Kier alpha value is -2.63. The second-order valence-corrected chi connectivity index (χ2v) is 18.1. The van der Waals surface area contributed by atoms with Crippen LogP contribution in [0.25, 0.3) is 0 Å². The third kappa shape index (κ3) is 75.7. The summed E-state index contributed by atoms with van der Waals surface area (Å²) < 4.78 is 13.8. The maximum atomic E-state index is 10.9. The zero-order valence-electron chi connectivity index (χ0n) is 45.4. The molecule has 0 aromatic carbocycles. The molecule has 66 heavy (non-hydrogen) atoms. The van der Waals surface area contributed by atoms with E-state index in [2.05, 4.69) is 84.9 Å². The Morgan fingerprint density at radius 2 is 0.485 bits per heavy atom. The molecule has 0 radical (unpaired) electrons. The summed E-state index contributed by atoms with van der Waals surface area (Å²) in [5.74, 6) is -0.283. The summed E-state index contributed by atoms with van der Waals surface area (Å²) in [6.07, 6.45) is 67.4. The summed E-state index contributed by atoms with van der Waals surface area (Å²) in [6.45, 7) is 12.7. The van der Waals surface area contributed by atoms with Gasteiger partial charge in [-0.2, -0.15) is 0 Å². The molecule has 0 aliphatic rings. The molecule has 0 fully saturated rings. The van der Waals surface area contributed by atoms with Gasteiger partial charge in [0.1, 0.15) is 0 Å². The zero-order chi connectivity index (χ0) is 49.5. The largest absolute Gasteiger partial charge is 0.469 e. The van der Waals surface area contributed by atoms with Crippen molar-refractivity contribution in [3.8, 4) is 0 Å². The highest BCUT2D eigenvalue weighted by atomic mass is 16.5. The highest BCUT2D eigenvalue weighted by Gasteiger charge is 2.01. The van der Waals surface area contributed by atoms with Gasteiger partial charge in [-0.1, -0.05) is 218 Å². The Bertz CT molecular complexity index is 998. The van der Waals surface area contributed by atoms with Crippen LogP contribution in [-0.4, -0.2) is 39.2 Å². The quantitative estimate of drug-likeness (QED) is 0.0262. The van der Waals surface area contributed by atoms with E-state index in [1.807, 2.05) is 6.08 Å². The van der Waals surface area contributed by atoms with E-state index in [4.69, 9.17) is 0 Å². The highest BCUT2D eigenvalue weighted by molar-refractivity contribution is 5.69. The van der Waals surface area contributed by atoms with E-state index >= 15 is 0 Å². The Morgan fingerprint density at radius 3 is 0.742 bits per heavy atom. The predicted octanol–water partition coefficient (Wildman–Crippen LogP) is 19.8. The third-order valence-corrected chi connectivity index (χ3v) is 11.6. The van der Waals surface area contributed by atoms with Gasteiger partial charge in [-0.05, 0) is 103 Å². The molecular weight excluding hydrogens is 817 g/mol. The van der Waals surface area contributed by atoms with Crippen molar-refractivity contribution in [2.75, 3.05) is 21.3 Å². The van der Waals surface area contributed by atoms with Crippen molar-refractivity contribution in [2.24, 2.45) is 0 Å². The van der Waals surface area contributed by atoms with Gasteiger partial charge >= 0.3 is 17.9 Å². The summed E-state index contributed by atoms with van der Waals surface area (Å²) >= 11 is 0. The topological polar surface area (TPSA) is 78.9 Å². The fourth-order valence-corrected chi connectivity index (χ4v) is 7.14. The lowest BCUT2D eigenvalue weighted by atomic mass is 10.1. The second kappa shape index (κ2) is 68.9. The Balaban J connectivity index is -0.000000403. The standard InChI is InChI=1S/C20H36O4.C15H30.C14H28.C11H20O2/c1-23-19(21)17-15-13-11-9-7-5-3-4-6-8-10-12-14-16-18-20(22)24-2;1-3-5-7-9-11-13-15-14-12-10-8-6-4-2;1-3-5-7-9-11-13-14-12-10-8-6-4-2;1-3-4-5-6-7-8-9-10-11(12)13-2/h3-4H,5-18H2,1-2H3;11,13H,3-10,12,14-15H2,1-2H3;9,11H,3-8,10,12-14H2,1-2H3;3H,1,4-10H2,2H3/b4-3+;13-11+;11-9+;. The van der Waals surface area contributed by atoms with Crippen LogP contribution < -0.4 is 0 Å². The van der Waals surface area contributed by atoms with E-state index < -0.39 is 0 Å². The molecule has 0 heterocycles. The highest BCUT2D eigenvalue weighted by Crippen LogP contribution is 2.12. The summed E-state index contributed by atoms with van der Waals surface area (Å²) in [6, 6.07) is 0. The molecule has 0 amide bonds. The van der Waals surface area contributed by atoms with E-state index in [-0.39, 0.29) is 17.9 Å². The molecule has 0 N–H and O–H groups in total. The lowest BCUT2D eigenvalue weighted by Gasteiger charge is -2.00. The minimum atomic E-state index is -0.0959. The van der Waals surface area contributed by atoms with Crippen LogP contribution in [0, 0.1) is 0 Å². The third-order valence-electron chi connectivity index (χ3n) is 11.6. The summed E-state index contributed by atoms with van der Waals surface area (Å²) in [7, 11) is 4.33. The van der Waals surface area contributed by atoms with E-state index in [0.29, 0.717) is 19.3 Å². The van der Waals surface area contributed by atoms with E-state index in [9.17, 15) is 14.4 Å². The van der Waals surface area contributed by atoms with E-state index in [1.54, 1.807) is 0 Å². The molecule has 0 atom stereocenters. The van der Waals surface area contributed by atoms with Gasteiger partial charge in [0.05, 0.1) is 21.3 Å². The first-order valence-corrected chi connectivity index (χ1v) is 28.1. The Morgan fingerprint density at radius 1 is 0.288 bits per heavy atom. The number of rotatable bonds is 45. The van der Waals surface area contributed by atoms with E-state index in [0.717, 1.165) is 57.8 Å². The summed E-state index contributed by atoms with van der Waals surface area (Å²) in [5.41, 5.74) is 0. The molecule has 0 rings (SSSR count). The van der Waals surface area contributed by atoms with Crippen molar-refractivity contribution in [3.63, 3.8) is 0 Å². The lowest BCUT2D eigenvalue weighted by Crippen LogP contribution is -1.99. The van der Waals surface area contributed by atoms with Gasteiger partial charge < -0.3 is 14.2 Å². The fraction of sp³-hybridized carbons (Fsp3) is 0.817. The molecule has 0 spiro atoms. The number of methoxy groups -OCH3 is 3. The number of hydrogen-bond acceptors (Lipinski definition) is 6. The van der Waals surface area contributed by atoms with Crippen molar-refractivity contribution in [3.05, 3.63) is 49.1 Å². The van der Waals surface area contributed by atoms with E-state index in [1.165, 1.54) is 214 Å². The van der Waals surface area contributed by atoms with Gasteiger partial charge in [-0.3, -0.25) is 14.4 Å². The Kier molecular flexibility index (Phi) is 73.1. The number of ether oxygens (including phenoxy) is 3. The molecule has 0 saturated carbocycles. The first-order valence-electron chi connectivity index (χ1n) is 28.1. The van der Waals surface area contributed by atoms with Gasteiger partial charge in [0.2, 0.25) is 0 Å². The van der Waals surface area contributed by atoms with Crippen LogP contribution in [0.4, 0.5) is 0 Å².